The lowest BCUT2D eigenvalue weighted by Crippen LogP contribution is -2.00. The summed E-state index contributed by atoms with van der Waals surface area (Å²) < 4.78 is 1.91. The highest BCUT2D eigenvalue weighted by molar-refractivity contribution is 6.35. The lowest BCUT2D eigenvalue weighted by atomic mass is 10.2. The first-order valence-corrected chi connectivity index (χ1v) is 7.04. The van der Waals surface area contributed by atoms with Crippen LogP contribution in [0, 0.1) is 0 Å². The van der Waals surface area contributed by atoms with Gasteiger partial charge in [-0.15, -0.1) is 0 Å². The van der Waals surface area contributed by atoms with Gasteiger partial charge in [0.25, 0.3) is 0 Å². The summed E-state index contributed by atoms with van der Waals surface area (Å²) in [6.07, 6.45) is 4.54. The molecule has 1 heterocycles. The Morgan fingerprint density at radius 2 is 2.00 bits per heavy atom. The number of carbonyl (C=O) groups is 1. The van der Waals surface area contributed by atoms with E-state index in [1.54, 1.807) is 0 Å². The number of unbranched alkanes of at least 4 members (excludes halogenated alkanes) is 3. The van der Waals surface area contributed by atoms with Gasteiger partial charge < -0.3 is 9.67 Å². The molecule has 0 aliphatic heterocycles. The van der Waals surface area contributed by atoms with Crippen LogP contribution < -0.4 is 0 Å². The highest BCUT2D eigenvalue weighted by Gasteiger charge is 2.20. The average Bonchev–Trinajstić information content (AvgIpc) is 2.67. The molecule has 2 aromatic rings. The maximum atomic E-state index is 11.3. The van der Waals surface area contributed by atoms with E-state index < -0.39 is 5.97 Å². The topological polar surface area (TPSA) is 42.2 Å². The van der Waals surface area contributed by atoms with Crippen molar-refractivity contribution in [1.29, 1.82) is 0 Å². The Morgan fingerprint density at radius 3 is 2.68 bits per heavy atom. The van der Waals surface area contributed by atoms with E-state index in [2.05, 4.69) is 6.92 Å². The molecule has 1 N–H and O–H groups in total. The van der Waals surface area contributed by atoms with Gasteiger partial charge in [-0.05, 0) is 12.5 Å². The fraction of sp³-hybridized carbons (Fsp3) is 0.400. The summed E-state index contributed by atoms with van der Waals surface area (Å²) in [5.74, 6) is -0.964. The number of nitrogens with zero attached hydrogens (tertiary/aromatic N) is 1. The van der Waals surface area contributed by atoms with Crippen LogP contribution in [0.2, 0.25) is 5.15 Å². The van der Waals surface area contributed by atoms with Gasteiger partial charge in [-0.1, -0.05) is 56.0 Å². The van der Waals surface area contributed by atoms with Crippen molar-refractivity contribution < 1.29 is 9.90 Å². The summed E-state index contributed by atoms with van der Waals surface area (Å²) in [5.41, 5.74) is 1.12. The molecule has 4 heteroatoms. The Labute approximate surface area is 117 Å². The zero-order chi connectivity index (χ0) is 13.8. The second kappa shape index (κ2) is 6.11. The fourth-order valence-electron chi connectivity index (χ4n) is 2.39. The van der Waals surface area contributed by atoms with Gasteiger partial charge >= 0.3 is 5.97 Å². The van der Waals surface area contributed by atoms with Gasteiger partial charge in [0.2, 0.25) is 0 Å². The monoisotopic (exact) mass is 279 g/mol. The third-order valence-electron chi connectivity index (χ3n) is 3.36. The molecule has 0 atom stereocenters. The number of fused-ring (bicyclic) bond motifs is 1. The van der Waals surface area contributed by atoms with Gasteiger partial charge in [0.05, 0.1) is 5.52 Å². The molecule has 102 valence electrons. The number of aromatic carboxylic acids is 1. The molecular weight excluding hydrogens is 262 g/mol. The minimum absolute atomic E-state index is 0.216. The highest BCUT2D eigenvalue weighted by atomic mass is 35.5. The van der Waals surface area contributed by atoms with Crippen molar-refractivity contribution in [2.45, 2.75) is 39.2 Å². The molecule has 2 rings (SSSR count). The van der Waals surface area contributed by atoms with Crippen LogP contribution in [0.5, 0.6) is 0 Å². The zero-order valence-corrected chi connectivity index (χ0v) is 11.8. The molecule has 0 amide bonds. The molecular formula is C15H18ClNO2. The van der Waals surface area contributed by atoms with Gasteiger partial charge in [0.1, 0.15) is 10.7 Å². The van der Waals surface area contributed by atoms with Crippen LogP contribution in [0.25, 0.3) is 10.9 Å². The normalized spacial score (nSPS) is 11.1. The summed E-state index contributed by atoms with van der Waals surface area (Å²) in [5, 5.41) is 10.3. The summed E-state index contributed by atoms with van der Waals surface area (Å²) >= 11 is 6.24. The van der Waals surface area contributed by atoms with Gasteiger partial charge in [-0.25, -0.2) is 4.79 Å². The van der Waals surface area contributed by atoms with Crippen molar-refractivity contribution in [2.75, 3.05) is 0 Å². The van der Waals surface area contributed by atoms with Crippen molar-refractivity contribution >= 4 is 28.5 Å². The number of hydrogen-bond acceptors (Lipinski definition) is 1. The number of aromatic nitrogens is 1. The van der Waals surface area contributed by atoms with Gasteiger partial charge in [-0.2, -0.15) is 0 Å². The Hall–Kier alpha value is -1.48. The third-order valence-corrected chi connectivity index (χ3v) is 3.75. The van der Waals surface area contributed by atoms with E-state index in [4.69, 9.17) is 11.6 Å². The summed E-state index contributed by atoms with van der Waals surface area (Å²) in [7, 11) is 0. The molecule has 0 unspecified atom stereocenters. The zero-order valence-electron chi connectivity index (χ0n) is 11.0. The molecule has 19 heavy (non-hydrogen) atoms. The fourth-order valence-corrected chi connectivity index (χ4v) is 2.75. The molecule has 0 aliphatic carbocycles. The van der Waals surface area contributed by atoms with Crippen LogP contribution in [0.3, 0.4) is 0 Å². The van der Waals surface area contributed by atoms with Crippen molar-refractivity contribution in [3.8, 4) is 0 Å². The third kappa shape index (κ3) is 2.76. The Morgan fingerprint density at radius 1 is 1.26 bits per heavy atom. The first kappa shape index (κ1) is 13.9. The quantitative estimate of drug-likeness (QED) is 0.787. The van der Waals surface area contributed by atoms with Crippen molar-refractivity contribution in [1.82, 2.24) is 4.57 Å². The first-order chi connectivity index (χ1) is 9.16. The lowest BCUT2D eigenvalue weighted by molar-refractivity contribution is 0.0699. The van der Waals surface area contributed by atoms with E-state index in [0.717, 1.165) is 30.3 Å². The van der Waals surface area contributed by atoms with Crippen molar-refractivity contribution in [3.05, 3.63) is 35.0 Å². The maximum absolute atomic E-state index is 11.3. The van der Waals surface area contributed by atoms with Gasteiger partial charge in [0, 0.05) is 11.9 Å². The SMILES string of the molecule is CCCCCCn1c(Cl)c(C(=O)O)c2ccccc21. The average molecular weight is 280 g/mol. The maximum Gasteiger partial charge on any atom is 0.339 e. The van der Waals surface area contributed by atoms with E-state index in [1.165, 1.54) is 12.8 Å². The van der Waals surface area contributed by atoms with E-state index in [-0.39, 0.29) is 5.56 Å². The molecule has 1 aromatic heterocycles. The predicted octanol–water partition coefficient (Wildman–Crippen LogP) is 4.57. The molecule has 0 radical (unpaired) electrons. The number of aryl methyl sites for hydroxylation is 1. The summed E-state index contributed by atoms with van der Waals surface area (Å²) in [6, 6.07) is 7.49. The Balaban J connectivity index is 2.37. The minimum atomic E-state index is -0.964. The van der Waals surface area contributed by atoms with E-state index in [1.807, 2.05) is 28.8 Å². The molecule has 0 saturated carbocycles. The smallest absolute Gasteiger partial charge is 0.339 e. The van der Waals surface area contributed by atoms with Crippen LogP contribution in [0.15, 0.2) is 24.3 Å². The molecule has 0 fully saturated rings. The van der Waals surface area contributed by atoms with E-state index >= 15 is 0 Å². The number of carboxylic acids is 1. The summed E-state index contributed by atoms with van der Waals surface area (Å²) in [4.78, 5) is 11.3. The number of rotatable bonds is 6. The second-order valence-corrected chi connectivity index (χ2v) is 5.06. The first-order valence-electron chi connectivity index (χ1n) is 6.66. The molecule has 1 aromatic carbocycles. The molecule has 0 saturated heterocycles. The standard InChI is InChI=1S/C15H18ClNO2/c1-2-3-4-7-10-17-12-9-6-5-8-11(12)13(14(17)16)15(18)19/h5-6,8-9H,2-4,7,10H2,1H3,(H,18,19). The number of carboxylic acid groups (broad SMARTS) is 1. The van der Waals surface area contributed by atoms with Crippen LogP contribution >= 0.6 is 11.6 Å². The van der Waals surface area contributed by atoms with Gasteiger partial charge in [0.15, 0.2) is 0 Å². The van der Waals surface area contributed by atoms with Crippen LogP contribution in [0.1, 0.15) is 43.0 Å². The van der Waals surface area contributed by atoms with E-state index in [9.17, 15) is 9.90 Å². The highest BCUT2D eigenvalue weighted by Crippen LogP contribution is 2.30. The minimum Gasteiger partial charge on any atom is -0.478 e. The molecule has 0 spiro atoms. The number of halogens is 1. The lowest BCUT2D eigenvalue weighted by Gasteiger charge is -2.06. The largest absolute Gasteiger partial charge is 0.478 e. The van der Waals surface area contributed by atoms with Crippen molar-refractivity contribution in [3.63, 3.8) is 0 Å². The summed E-state index contributed by atoms with van der Waals surface area (Å²) in [6.45, 7) is 2.94. The Bertz CT molecular complexity index is 589. The number of para-hydroxylation sites is 1. The Kier molecular flexibility index (Phi) is 4.48. The van der Waals surface area contributed by atoms with Crippen LogP contribution in [0.4, 0.5) is 0 Å². The number of hydrogen-bond donors (Lipinski definition) is 1. The van der Waals surface area contributed by atoms with Crippen LogP contribution in [-0.4, -0.2) is 15.6 Å². The number of benzene rings is 1. The van der Waals surface area contributed by atoms with Crippen molar-refractivity contribution in [2.24, 2.45) is 0 Å². The molecule has 3 nitrogen and oxygen atoms in total. The van der Waals surface area contributed by atoms with Gasteiger partial charge in [-0.3, -0.25) is 0 Å². The van der Waals surface area contributed by atoms with E-state index in [0.29, 0.717) is 5.15 Å². The second-order valence-electron chi connectivity index (χ2n) is 4.70. The molecule has 0 bridgehead atoms. The van der Waals surface area contributed by atoms with Crippen LogP contribution in [-0.2, 0) is 6.54 Å². The molecule has 0 aliphatic rings. The predicted molar refractivity (Wildman–Crippen MR) is 78.0 cm³/mol.